The van der Waals surface area contributed by atoms with Crippen molar-refractivity contribution in [2.45, 2.75) is 29.4 Å². The lowest BCUT2D eigenvalue weighted by molar-refractivity contribution is 1.28. The number of rotatable bonds is 9. The molecule has 10 heteroatoms. The van der Waals surface area contributed by atoms with Crippen LogP contribution in [0.2, 0.25) is 0 Å². The highest BCUT2D eigenvalue weighted by Gasteiger charge is 2.16. The number of benzene rings is 12. The molecule has 0 radical (unpaired) electrons. The predicted octanol–water partition coefficient (Wildman–Crippen LogP) is 21.7. The summed E-state index contributed by atoms with van der Waals surface area (Å²) >= 11 is 9.98. The molecule has 0 unspecified atom stereocenters. The fraction of sp³-hybridized carbons (Fsp3) is 0.0606. The zero-order valence-corrected chi connectivity index (χ0v) is 64.9. The number of nitrogens with zero attached hydrogens (tertiary/aromatic N) is 4. The summed E-state index contributed by atoms with van der Waals surface area (Å²) in [7, 11) is 0. The molecule has 0 atom stereocenters. The van der Waals surface area contributed by atoms with E-state index in [0.29, 0.717) is 66.8 Å². The predicted molar refractivity (Wildman–Crippen MR) is 458 cm³/mol. The number of hydrogen-bond donors (Lipinski definition) is 0. The van der Waals surface area contributed by atoms with Crippen LogP contribution in [0, 0.1) is 141 Å². The molecule has 12 aromatic rings. The van der Waals surface area contributed by atoms with E-state index >= 15 is 0 Å². The Labute approximate surface area is 666 Å². The van der Waals surface area contributed by atoms with Crippen molar-refractivity contribution in [1.29, 1.82) is 15.8 Å². The highest BCUT2D eigenvalue weighted by atomic mass is 32.2. The van der Waals surface area contributed by atoms with Gasteiger partial charge in [0.15, 0.2) is 0 Å². The van der Waals surface area contributed by atoms with Crippen LogP contribution in [0.5, 0.6) is 0 Å². The second-order valence-electron chi connectivity index (χ2n) is 23.8. The minimum atomic E-state index is 0.426. The van der Waals surface area contributed by atoms with Gasteiger partial charge in [-0.25, -0.2) is 0 Å². The Hall–Kier alpha value is -13.0. The first-order valence-electron chi connectivity index (χ1n) is 33.9. The third-order valence-corrected chi connectivity index (χ3v) is 21.2. The SMILES string of the molecule is CSc1ccc(C#Cc2cc(C#N)cc(C#Cc3ccc(SC)cc3)c2C#Cc2ccc(N(c3ccc(C#Cc4c(C#Cc5ccc(SC)cc5)cc(C#N)cc4C#Cc4ccc(SC)cc4)cc3)c3ccc(C#Cc4c(C#Cc5ccc(SC)cc5)cc(C#N)cc4C#Cc4ccc(SC)cc4)cc3)cc2)cc1. The molecule has 0 saturated carbocycles. The maximum Gasteiger partial charge on any atom is 0.0992 e. The summed E-state index contributed by atoms with van der Waals surface area (Å²) < 4.78 is 0. The van der Waals surface area contributed by atoms with Gasteiger partial charge in [0.1, 0.15) is 0 Å². The van der Waals surface area contributed by atoms with Gasteiger partial charge in [0.25, 0.3) is 0 Å². The number of thioether (sulfide) groups is 6. The first-order valence-corrected chi connectivity index (χ1v) is 41.2. The van der Waals surface area contributed by atoms with E-state index in [4.69, 9.17) is 0 Å². The molecule has 12 aromatic carbocycles. The van der Waals surface area contributed by atoms with Gasteiger partial charge in [-0.1, -0.05) is 107 Å². The third kappa shape index (κ3) is 20.6. The van der Waals surface area contributed by atoms with Gasteiger partial charge in [0, 0.05) is 130 Å². The molecule has 4 nitrogen and oxygen atoms in total. The first-order chi connectivity index (χ1) is 53.5. The summed E-state index contributed by atoms with van der Waals surface area (Å²) in [6, 6.07) is 90.2. The molecule has 12 rings (SSSR count). The van der Waals surface area contributed by atoms with Crippen molar-refractivity contribution in [3.05, 3.63) is 372 Å². The minimum Gasteiger partial charge on any atom is -0.311 e. The molecule has 0 fully saturated rings. The molecule has 0 aliphatic heterocycles. The van der Waals surface area contributed by atoms with Crippen molar-refractivity contribution in [1.82, 2.24) is 0 Å². The monoisotopic (exact) mass is 1500 g/mol. The fourth-order valence-electron chi connectivity index (χ4n) is 10.9. The summed E-state index contributed by atoms with van der Waals surface area (Å²) in [5.74, 6) is 60.7. The summed E-state index contributed by atoms with van der Waals surface area (Å²) in [4.78, 5) is 8.94. The van der Waals surface area contributed by atoms with Gasteiger partial charge in [-0.3, -0.25) is 0 Å². The summed E-state index contributed by atoms with van der Waals surface area (Å²) in [5, 5.41) is 31.0. The average Bonchev–Trinajstić information content (AvgIpc) is 0.807. The zero-order valence-electron chi connectivity index (χ0n) is 60.0. The Bertz CT molecular complexity index is 5320. The fourth-order valence-corrected chi connectivity index (χ4v) is 13.4. The van der Waals surface area contributed by atoms with Gasteiger partial charge in [-0.2, -0.15) is 15.8 Å². The van der Waals surface area contributed by atoms with Crippen molar-refractivity contribution in [2.24, 2.45) is 0 Å². The van der Waals surface area contributed by atoms with E-state index in [1.165, 1.54) is 0 Å². The molecule has 0 spiro atoms. The highest BCUT2D eigenvalue weighted by Crippen LogP contribution is 2.36. The van der Waals surface area contributed by atoms with E-state index in [1.807, 2.05) is 256 Å². The topological polar surface area (TPSA) is 74.6 Å². The van der Waals surface area contributed by atoms with Gasteiger partial charge < -0.3 is 4.90 Å². The van der Waals surface area contributed by atoms with Crippen LogP contribution >= 0.6 is 70.6 Å². The van der Waals surface area contributed by atoms with E-state index < -0.39 is 0 Å². The molecule has 0 saturated heterocycles. The van der Waals surface area contributed by atoms with E-state index in [1.54, 1.807) is 107 Å². The minimum absolute atomic E-state index is 0.426. The first kappa shape index (κ1) is 75.7. The second-order valence-corrected chi connectivity index (χ2v) is 29.0. The van der Waals surface area contributed by atoms with E-state index in [9.17, 15) is 15.8 Å². The largest absolute Gasteiger partial charge is 0.311 e. The molecule has 0 N–H and O–H groups in total. The van der Waals surface area contributed by atoms with Crippen LogP contribution in [0.3, 0.4) is 0 Å². The van der Waals surface area contributed by atoms with Crippen molar-refractivity contribution in [3.63, 3.8) is 0 Å². The highest BCUT2D eigenvalue weighted by molar-refractivity contribution is 7.99. The van der Waals surface area contributed by atoms with Crippen LogP contribution in [0.4, 0.5) is 17.1 Å². The summed E-state index contributed by atoms with van der Waals surface area (Å²) in [6.07, 6.45) is 12.2. The van der Waals surface area contributed by atoms with E-state index in [2.05, 4.69) is 130 Å². The number of nitriles is 3. The van der Waals surface area contributed by atoms with Gasteiger partial charge in [0.05, 0.1) is 51.6 Å². The van der Waals surface area contributed by atoms with Crippen molar-refractivity contribution >= 4 is 87.6 Å². The Kier molecular flexibility index (Phi) is 26.3. The van der Waals surface area contributed by atoms with Crippen molar-refractivity contribution in [3.8, 4) is 125 Å². The average molecular weight is 1500 g/mol. The Morgan fingerprint density at radius 3 is 0.477 bits per heavy atom. The molecule has 512 valence electrons. The lowest BCUT2D eigenvalue weighted by Gasteiger charge is -2.25. The lowest BCUT2D eigenvalue weighted by Crippen LogP contribution is -2.10. The van der Waals surface area contributed by atoms with Crippen molar-refractivity contribution in [2.75, 3.05) is 42.4 Å². The molecule has 0 aromatic heterocycles. The second kappa shape index (κ2) is 37.8. The molecule has 0 amide bonds. The molecule has 0 aliphatic rings. The van der Waals surface area contributed by atoms with Crippen molar-refractivity contribution < 1.29 is 0 Å². The Morgan fingerprint density at radius 1 is 0.183 bits per heavy atom. The summed E-state index contributed by atoms with van der Waals surface area (Å²) in [6.45, 7) is 0. The number of hydrogen-bond acceptors (Lipinski definition) is 10. The van der Waals surface area contributed by atoms with Crippen LogP contribution < -0.4 is 4.90 Å². The van der Waals surface area contributed by atoms with Crippen LogP contribution in [0.1, 0.15) is 117 Å². The van der Waals surface area contributed by atoms with Gasteiger partial charge in [0.2, 0.25) is 0 Å². The van der Waals surface area contributed by atoms with Gasteiger partial charge in [-0.05, 0) is 292 Å². The Balaban J connectivity index is 0.951. The van der Waals surface area contributed by atoms with E-state index in [0.717, 1.165) is 96.5 Å². The van der Waals surface area contributed by atoms with Crippen LogP contribution in [0.25, 0.3) is 0 Å². The smallest absolute Gasteiger partial charge is 0.0992 e. The number of anilines is 3. The molecular weight excluding hydrogens is 1440 g/mol. The standard InChI is InChI=1S/C99H60N4S6/c1-104-91-46-19-70(20-47-91)7-34-82-61-79(67-100)62-83(35-8-71-21-48-92(105-2)49-22-71)97(82)58-31-76-13-40-88(41-14-76)103(89-42-15-77(16-43-89)32-59-98-84(36-9-72-23-50-93(106-3)51-24-72)63-80(68-101)64-85(98)37-10-73-25-52-94(107-4)53-26-73)90-44-17-78(18-45-90)33-60-99-86(38-11-74-27-54-95(108-5)55-28-74)65-81(69-102)66-87(99)39-12-75-29-56-96(109-6)57-30-75/h13-30,40-57,61-66H,1-6H3. The molecule has 0 heterocycles. The molecular formula is C99H60N4S6. The van der Waals surface area contributed by atoms with E-state index in [-0.39, 0.29) is 0 Å². The van der Waals surface area contributed by atoms with Crippen LogP contribution in [0.15, 0.2) is 284 Å². The molecule has 0 aliphatic carbocycles. The summed E-state index contributed by atoms with van der Waals surface area (Å²) in [5.41, 5.74) is 16.4. The molecule has 0 bridgehead atoms. The van der Waals surface area contributed by atoms with Crippen LogP contribution in [-0.2, 0) is 0 Å². The zero-order chi connectivity index (χ0) is 75.7. The maximum atomic E-state index is 10.3. The van der Waals surface area contributed by atoms with Gasteiger partial charge in [-0.15, -0.1) is 70.6 Å². The maximum absolute atomic E-state index is 10.3. The Morgan fingerprint density at radius 2 is 0.330 bits per heavy atom. The quantitative estimate of drug-likeness (QED) is 0.103. The third-order valence-electron chi connectivity index (χ3n) is 16.8. The van der Waals surface area contributed by atoms with Gasteiger partial charge >= 0.3 is 0 Å². The molecule has 109 heavy (non-hydrogen) atoms. The normalized spacial score (nSPS) is 9.83. The lowest BCUT2D eigenvalue weighted by atomic mass is 9.97. The van der Waals surface area contributed by atoms with Crippen LogP contribution in [-0.4, -0.2) is 37.5 Å².